The van der Waals surface area contributed by atoms with Gasteiger partial charge in [0.15, 0.2) is 0 Å². The molecular formula is C18H25N3. The minimum Gasteiger partial charge on any atom is -0.370 e. The molecule has 0 unspecified atom stereocenters. The molecule has 0 amide bonds. The van der Waals surface area contributed by atoms with Crippen LogP contribution in [0.5, 0.6) is 0 Å². The first-order valence-corrected chi connectivity index (χ1v) is 7.75. The Balaban J connectivity index is 2.13. The van der Waals surface area contributed by atoms with Gasteiger partial charge in [-0.05, 0) is 44.0 Å². The zero-order chi connectivity index (χ0) is 15.1. The van der Waals surface area contributed by atoms with Crippen LogP contribution in [0.2, 0.25) is 0 Å². The van der Waals surface area contributed by atoms with E-state index in [1.54, 1.807) is 0 Å². The summed E-state index contributed by atoms with van der Waals surface area (Å²) in [4.78, 5) is 7.06. The molecule has 3 nitrogen and oxygen atoms in total. The standard InChI is InChI=1S/C18H25N3/c1-4-13-19-18-12-8-10-16(20-18)14-21(5-2)17-11-7-6-9-15(17)3/h6-12H,4-5,13-14H2,1-3H3,(H,19,20). The third kappa shape index (κ3) is 4.22. The third-order valence-electron chi connectivity index (χ3n) is 3.55. The fourth-order valence-electron chi connectivity index (χ4n) is 2.40. The molecule has 0 spiro atoms. The Labute approximate surface area is 128 Å². The lowest BCUT2D eigenvalue weighted by molar-refractivity contribution is 0.806. The van der Waals surface area contributed by atoms with Gasteiger partial charge in [0.05, 0.1) is 12.2 Å². The van der Waals surface area contributed by atoms with Crippen molar-refractivity contribution in [2.75, 3.05) is 23.3 Å². The molecule has 0 aliphatic rings. The highest BCUT2D eigenvalue weighted by Gasteiger charge is 2.08. The maximum Gasteiger partial charge on any atom is 0.126 e. The Kier molecular flexibility index (Phi) is 5.61. The first-order chi connectivity index (χ1) is 10.2. The second-order valence-corrected chi connectivity index (χ2v) is 5.24. The molecular weight excluding hydrogens is 258 g/mol. The molecule has 0 bridgehead atoms. The lowest BCUT2D eigenvalue weighted by Crippen LogP contribution is -2.23. The maximum atomic E-state index is 4.70. The van der Waals surface area contributed by atoms with Crippen LogP contribution in [0.4, 0.5) is 11.5 Å². The maximum absolute atomic E-state index is 4.70. The van der Waals surface area contributed by atoms with Crippen molar-refractivity contribution in [3.63, 3.8) is 0 Å². The van der Waals surface area contributed by atoms with E-state index in [1.807, 2.05) is 6.07 Å². The Morgan fingerprint density at radius 2 is 1.86 bits per heavy atom. The molecule has 112 valence electrons. The average molecular weight is 283 g/mol. The van der Waals surface area contributed by atoms with Gasteiger partial charge in [0.2, 0.25) is 0 Å². The Hall–Kier alpha value is -2.03. The highest BCUT2D eigenvalue weighted by atomic mass is 15.1. The van der Waals surface area contributed by atoms with Crippen molar-refractivity contribution in [1.29, 1.82) is 0 Å². The summed E-state index contributed by atoms with van der Waals surface area (Å²) in [6.45, 7) is 9.28. The largest absolute Gasteiger partial charge is 0.370 e. The molecule has 2 rings (SSSR count). The summed E-state index contributed by atoms with van der Waals surface area (Å²) in [5, 5.41) is 3.35. The van der Waals surface area contributed by atoms with Gasteiger partial charge in [-0.25, -0.2) is 4.98 Å². The van der Waals surface area contributed by atoms with Crippen LogP contribution >= 0.6 is 0 Å². The van der Waals surface area contributed by atoms with Crippen LogP contribution < -0.4 is 10.2 Å². The molecule has 0 aliphatic carbocycles. The topological polar surface area (TPSA) is 28.2 Å². The molecule has 1 aromatic heterocycles. The van der Waals surface area contributed by atoms with Crippen molar-refractivity contribution in [3.05, 3.63) is 53.7 Å². The predicted molar refractivity (Wildman–Crippen MR) is 90.9 cm³/mol. The summed E-state index contributed by atoms with van der Waals surface area (Å²) in [5.74, 6) is 0.968. The van der Waals surface area contributed by atoms with Crippen LogP contribution in [0, 0.1) is 6.92 Å². The van der Waals surface area contributed by atoms with E-state index in [0.717, 1.165) is 37.6 Å². The van der Waals surface area contributed by atoms with Crippen LogP contribution in [0.15, 0.2) is 42.5 Å². The van der Waals surface area contributed by atoms with E-state index in [9.17, 15) is 0 Å². The van der Waals surface area contributed by atoms with Gasteiger partial charge in [0, 0.05) is 18.8 Å². The zero-order valence-electron chi connectivity index (χ0n) is 13.3. The van der Waals surface area contributed by atoms with Gasteiger partial charge in [-0.2, -0.15) is 0 Å². The summed E-state index contributed by atoms with van der Waals surface area (Å²) in [7, 11) is 0. The van der Waals surface area contributed by atoms with E-state index in [4.69, 9.17) is 4.98 Å². The lowest BCUT2D eigenvalue weighted by atomic mass is 10.1. The van der Waals surface area contributed by atoms with Crippen LogP contribution in [0.3, 0.4) is 0 Å². The summed E-state index contributed by atoms with van der Waals surface area (Å²) in [5.41, 5.74) is 3.69. The summed E-state index contributed by atoms with van der Waals surface area (Å²) < 4.78 is 0. The number of nitrogens with zero attached hydrogens (tertiary/aromatic N) is 2. The second-order valence-electron chi connectivity index (χ2n) is 5.24. The van der Waals surface area contributed by atoms with Crippen molar-refractivity contribution in [1.82, 2.24) is 4.98 Å². The zero-order valence-corrected chi connectivity index (χ0v) is 13.3. The molecule has 1 heterocycles. The molecule has 0 aliphatic heterocycles. The quantitative estimate of drug-likeness (QED) is 0.824. The monoisotopic (exact) mass is 283 g/mol. The average Bonchev–Trinajstić information content (AvgIpc) is 2.52. The summed E-state index contributed by atoms with van der Waals surface area (Å²) in [6.07, 6.45) is 1.11. The van der Waals surface area contributed by atoms with Gasteiger partial charge < -0.3 is 10.2 Å². The molecule has 0 saturated heterocycles. The molecule has 0 radical (unpaired) electrons. The van der Waals surface area contributed by atoms with E-state index < -0.39 is 0 Å². The Bertz CT molecular complexity index is 566. The third-order valence-corrected chi connectivity index (χ3v) is 3.55. The normalized spacial score (nSPS) is 10.4. The van der Waals surface area contributed by atoms with Gasteiger partial charge in [0.1, 0.15) is 5.82 Å². The number of aryl methyl sites for hydroxylation is 1. The molecule has 21 heavy (non-hydrogen) atoms. The molecule has 3 heteroatoms. The van der Waals surface area contributed by atoms with E-state index in [-0.39, 0.29) is 0 Å². The summed E-state index contributed by atoms with van der Waals surface area (Å²) in [6, 6.07) is 14.7. The number of anilines is 2. The van der Waals surface area contributed by atoms with Gasteiger partial charge in [-0.1, -0.05) is 31.2 Å². The van der Waals surface area contributed by atoms with Gasteiger partial charge >= 0.3 is 0 Å². The van der Waals surface area contributed by atoms with E-state index in [1.165, 1.54) is 11.3 Å². The van der Waals surface area contributed by atoms with E-state index >= 15 is 0 Å². The number of hydrogen-bond acceptors (Lipinski definition) is 3. The molecule has 1 N–H and O–H groups in total. The Morgan fingerprint density at radius 1 is 1.05 bits per heavy atom. The van der Waals surface area contributed by atoms with E-state index in [2.05, 4.69) is 67.4 Å². The van der Waals surface area contributed by atoms with Crippen LogP contribution in [0.25, 0.3) is 0 Å². The highest BCUT2D eigenvalue weighted by Crippen LogP contribution is 2.21. The van der Waals surface area contributed by atoms with Gasteiger partial charge in [-0.3, -0.25) is 0 Å². The van der Waals surface area contributed by atoms with Crippen molar-refractivity contribution in [2.45, 2.75) is 33.7 Å². The number of benzene rings is 1. The first kappa shape index (κ1) is 15.4. The van der Waals surface area contributed by atoms with Crippen LogP contribution in [-0.2, 0) is 6.54 Å². The number of rotatable bonds is 7. The van der Waals surface area contributed by atoms with Crippen molar-refractivity contribution >= 4 is 11.5 Å². The van der Waals surface area contributed by atoms with Gasteiger partial charge in [-0.15, -0.1) is 0 Å². The Morgan fingerprint density at radius 3 is 2.57 bits per heavy atom. The predicted octanol–water partition coefficient (Wildman–Crippen LogP) is 4.24. The minimum atomic E-state index is 0.836. The number of aromatic nitrogens is 1. The summed E-state index contributed by atoms with van der Waals surface area (Å²) >= 11 is 0. The first-order valence-electron chi connectivity index (χ1n) is 7.75. The SMILES string of the molecule is CCCNc1cccc(CN(CC)c2ccccc2C)n1. The van der Waals surface area contributed by atoms with Crippen molar-refractivity contribution < 1.29 is 0 Å². The lowest BCUT2D eigenvalue weighted by Gasteiger charge is -2.24. The van der Waals surface area contributed by atoms with Crippen molar-refractivity contribution in [2.24, 2.45) is 0 Å². The van der Waals surface area contributed by atoms with Crippen LogP contribution in [0.1, 0.15) is 31.5 Å². The fraction of sp³-hybridized carbons (Fsp3) is 0.389. The molecule has 0 atom stereocenters. The molecule has 1 aromatic carbocycles. The van der Waals surface area contributed by atoms with Crippen molar-refractivity contribution in [3.8, 4) is 0 Å². The fourth-order valence-corrected chi connectivity index (χ4v) is 2.40. The molecule has 0 saturated carbocycles. The molecule has 2 aromatic rings. The smallest absolute Gasteiger partial charge is 0.126 e. The van der Waals surface area contributed by atoms with Crippen LogP contribution in [-0.4, -0.2) is 18.1 Å². The number of nitrogens with one attached hydrogen (secondary N) is 1. The van der Waals surface area contributed by atoms with E-state index in [0.29, 0.717) is 0 Å². The number of hydrogen-bond donors (Lipinski definition) is 1. The number of para-hydroxylation sites is 1. The second kappa shape index (κ2) is 7.67. The highest BCUT2D eigenvalue weighted by molar-refractivity contribution is 5.53. The van der Waals surface area contributed by atoms with Gasteiger partial charge in [0.25, 0.3) is 0 Å². The number of pyridine rings is 1. The molecule has 0 fully saturated rings. The minimum absolute atomic E-state index is 0.836.